The van der Waals surface area contributed by atoms with Crippen LogP contribution in [0.3, 0.4) is 0 Å². The molecule has 0 aromatic rings. The number of methoxy groups -OCH3 is 1. The van der Waals surface area contributed by atoms with Gasteiger partial charge in [-0.1, -0.05) is 0 Å². The molecule has 7 heteroatoms. The third-order valence-corrected chi connectivity index (χ3v) is 4.25. The highest BCUT2D eigenvalue weighted by Crippen LogP contribution is 2.28. The number of sulfone groups is 1. The fourth-order valence-electron chi connectivity index (χ4n) is 1.69. The van der Waals surface area contributed by atoms with E-state index in [9.17, 15) is 18.0 Å². The molecule has 2 unspecified atom stereocenters. The number of esters is 1. The van der Waals surface area contributed by atoms with Crippen molar-refractivity contribution in [3.05, 3.63) is 0 Å². The van der Waals surface area contributed by atoms with E-state index in [0.717, 1.165) is 0 Å². The SMILES string of the molecule is COC(=O)CC1CS(=O)(=O)CC1C(=O)O. The summed E-state index contributed by atoms with van der Waals surface area (Å²) in [5, 5.41) is 8.78. The monoisotopic (exact) mass is 236 g/mol. The predicted molar refractivity (Wildman–Crippen MR) is 49.9 cm³/mol. The molecule has 1 aliphatic heterocycles. The van der Waals surface area contributed by atoms with E-state index >= 15 is 0 Å². The largest absolute Gasteiger partial charge is 0.481 e. The zero-order valence-corrected chi connectivity index (χ0v) is 8.99. The van der Waals surface area contributed by atoms with Crippen molar-refractivity contribution in [2.24, 2.45) is 11.8 Å². The van der Waals surface area contributed by atoms with Gasteiger partial charge in [0.2, 0.25) is 0 Å². The summed E-state index contributed by atoms with van der Waals surface area (Å²) >= 11 is 0. The van der Waals surface area contributed by atoms with Gasteiger partial charge in [0.1, 0.15) is 0 Å². The molecule has 0 bridgehead atoms. The Morgan fingerprint density at radius 2 is 2.00 bits per heavy atom. The Bertz CT molecular complexity index is 371. The van der Waals surface area contributed by atoms with Crippen LogP contribution in [0.2, 0.25) is 0 Å². The van der Waals surface area contributed by atoms with Gasteiger partial charge in [-0.05, 0) is 5.92 Å². The van der Waals surface area contributed by atoms with Crippen LogP contribution in [0.25, 0.3) is 0 Å². The number of hydrogen-bond donors (Lipinski definition) is 1. The molecule has 0 aliphatic carbocycles. The van der Waals surface area contributed by atoms with E-state index < -0.39 is 33.6 Å². The molecule has 0 amide bonds. The molecule has 1 rings (SSSR count). The maximum atomic E-state index is 11.2. The van der Waals surface area contributed by atoms with Crippen molar-refractivity contribution in [3.63, 3.8) is 0 Å². The highest BCUT2D eigenvalue weighted by atomic mass is 32.2. The van der Waals surface area contributed by atoms with Crippen LogP contribution in [-0.2, 0) is 24.2 Å². The van der Waals surface area contributed by atoms with Gasteiger partial charge in [0.15, 0.2) is 9.84 Å². The molecule has 1 fully saturated rings. The first-order chi connectivity index (χ1) is 6.85. The Balaban J connectivity index is 2.78. The molecule has 0 saturated carbocycles. The standard InChI is InChI=1S/C8H12O6S/c1-14-7(9)2-5-3-15(12,13)4-6(5)8(10)11/h5-6H,2-4H2,1H3,(H,10,11). The van der Waals surface area contributed by atoms with Gasteiger partial charge in [0.25, 0.3) is 0 Å². The number of carboxylic acid groups (broad SMARTS) is 1. The van der Waals surface area contributed by atoms with E-state index in [1.165, 1.54) is 7.11 Å². The minimum atomic E-state index is -3.33. The zero-order valence-electron chi connectivity index (χ0n) is 8.17. The minimum Gasteiger partial charge on any atom is -0.481 e. The molecule has 1 saturated heterocycles. The van der Waals surface area contributed by atoms with Gasteiger partial charge in [-0.3, -0.25) is 9.59 Å². The second-order valence-electron chi connectivity index (χ2n) is 3.56. The first kappa shape index (κ1) is 12.0. The Morgan fingerprint density at radius 1 is 1.40 bits per heavy atom. The summed E-state index contributed by atoms with van der Waals surface area (Å²) in [7, 11) is -2.15. The van der Waals surface area contributed by atoms with E-state index in [0.29, 0.717) is 0 Å². The smallest absolute Gasteiger partial charge is 0.307 e. The van der Waals surface area contributed by atoms with Crippen LogP contribution >= 0.6 is 0 Å². The second-order valence-corrected chi connectivity index (χ2v) is 5.72. The quantitative estimate of drug-likeness (QED) is 0.650. The van der Waals surface area contributed by atoms with Gasteiger partial charge in [0, 0.05) is 0 Å². The van der Waals surface area contributed by atoms with Gasteiger partial charge in [-0.15, -0.1) is 0 Å². The van der Waals surface area contributed by atoms with E-state index in [-0.39, 0.29) is 17.9 Å². The summed E-state index contributed by atoms with van der Waals surface area (Å²) in [6.07, 6.45) is -0.160. The summed E-state index contributed by atoms with van der Waals surface area (Å²) in [5.74, 6) is -4.05. The second kappa shape index (κ2) is 4.18. The van der Waals surface area contributed by atoms with Crippen molar-refractivity contribution >= 4 is 21.8 Å². The van der Waals surface area contributed by atoms with Crippen molar-refractivity contribution in [1.82, 2.24) is 0 Å². The number of ether oxygens (including phenoxy) is 1. The first-order valence-corrected chi connectivity index (χ1v) is 6.18. The van der Waals surface area contributed by atoms with Gasteiger partial charge >= 0.3 is 11.9 Å². The van der Waals surface area contributed by atoms with Crippen molar-refractivity contribution in [2.45, 2.75) is 6.42 Å². The van der Waals surface area contributed by atoms with E-state index in [2.05, 4.69) is 4.74 Å². The highest BCUT2D eigenvalue weighted by Gasteiger charge is 2.42. The summed E-state index contributed by atoms with van der Waals surface area (Å²) < 4.78 is 26.8. The molecule has 0 aromatic carbocycles. The van der Waals surface area contributed by atoms with E-state index in [1.54, 1.807) is 0 Å². The molecule has 6 nitrogen and oxygen atoms in total. The predicted octanol–water partition coefficient (Wildman–Crippen LogP) is -0.705. The summed E-state index contributed by atoms with van der Waals surface area (Å²) in [6, 6.07) is 0. The number of carboxylic acids is 1. The van der Waals surface area contributed by atoms with Crippen LogP contribution in [0, 0.1) is 11.8 Å². The number of aliphatic carboxylic acids is 1. The molecule has 0 spiro atoms. The maximum absolute atomic E-state index is 11.2. The normalized spacial score (nSPS) is 28.6. The fraction of sp³-hybridized carbons (Fsp3) is 0.750. The molecule has 0 aromatic heterocycles. The number of rotatable bonds is 3. The lowest BCUT2D eigenvalue weighted by Crippen LogP contribution is -2.24. The average Bonchev–Trinajstić information content (AvgIpc) is 2.41. The van der Waals surface area contributed by atoms with Crippen molar-refractivity contribution < 1.29 is 27.9 Å². The Kier molecular flexibility index (Phi) is 3.33. The van der Waals surface area contributed by atoms with Crippen LogP contribution in [0.15, 0.2) is 0 Å². The summed E-state index contributed by atoms with van der Waals surface area (Å²) in [5.41, 5.74) is 0. The van der Waals surface area contributed by atoms with E-state index in [1.807, 2.05) is 0 Å². The lowest BCUT2D eigenvalue weighted by Gasteiger charge is -2.11. The van der Waals surface area contributed by atoms with Crippen molar-refractivity contribution in [2.75, 3.05) is 18.6 Å². The number of hydrogen-bond acceptors (Lipinski definition) is 5. The molecular weight excluding hydrogens is 224 g/mol. The minimum absolute atomic E-state index is 0.160. The maximum Gasteiger partial charge on any atom is 0.307 e. The van der Waals surface area contributed by atoms with Crippen LogP contribution in [0.5, 0.6) is 0 Å². The molecular formula is C8H12O6S. The van der Waals surface area contributed by atoms with Gasteiger partial charge in [-0.2, -0.15) is 0 Å². The lowest BCUT2D eigenvalue weighted by atomic mass is 9.93. The van der Waals surface area contributed by atoms with Gasteiger partial charge in [0.05, 0.1) is 31.0 Å². The van der Waals surface area contributed by atoms with Gasteiger partial charge in [-0.25, -0.2) is 8.42 Å². The topological polar surface area (TPSA) is 97.7 Å². The van der Waals surface area contributed by atoms with Gasteiger partial charge < -0.3 is 9.84 Å². The number of carbonyl (C=O) groups excluding carboxylic acids is 1. The van der Waals surface area contributed by atoms with Crippen LogP contribution < -0.4 is 0 Å². The first-order valence-electron chi connectivity index (χ1n) is 4.36. The number of carbonyl (C=O) groups is 2. The molecule has 0 radical (unpaired) electrons. The van der Waals surface area contributed by atoms with Crippen LogP contribution in [-0.4, -0.2) is 44.1 Å². The molecule has 86 valence electrons. The Morgan fingerprint density at radius 3 is 2.47 bits per heavy atom. The van der Waals surface area contributed by atoms with Crippen LogP contribution in [0.1, 0.15) is 6.42 Å². The third-order valence-electron chi connectivity index (χ3n) is 2.44. The third kappa shape index (κ3) is 2.92. The molecule has 2 atom stereocenters. The van der Waals surface area contributed by atoms with E-state index in [4.69, 9.17) is 5.11 Å². The van der Waals surface area contributed by atoms with Crippen molar-refractivity contribution in [1.29, 1.82) is 0 Å². The summed E-state index contributed by atoms with van der Waals surface area (Å²) in [6.45, 7) is 0. The fourth-order valence-corrected chi connectivity index (χ4v) is 3.79. The summed E-state index contributed by atoms with van der Waals surface area (Å²) in [4.78, 5) is 21.7. The zero-order chi connectivity index (χ0) is 11.6. The highest BCUT2D eigenvalue weighted by molar-refractivity contribution is 7.91. The average molecular weight is 236 g/mol. The Hall–Kier alpha value is -1.11. The van der Waals surface area contributed by atoms with Crippen molar-refractivity contribution in [3.8, 4) is 0 Å². The molecule has 15 heavy (non-hydrogen) atoms. The molecule has 1 heterocycles. The lowest BCUT2D eigenvalue weighted by molar-refractivity contribution is -0.145. The van der Waals surface area contributed by atoms with Crippen LogP contribution in [0.4, 0.5) is 0 Å². The molecule has 1 N–H and O–H groups in total. The molecule has 1 aliphatic rings. The Labute approximate surface area is 87.1 Å².